The fourth-order valence-corrected chi connectivity index (χ4v) is 4.07. The Kier molecular flexibility index (Phi) is 5.62. The number of pyridine rings is 2. The van der Waals surface area contributed by atoms with Crippen molar-refractivity contribution in [3.05, 3.63) is 54.0 Å². The van der Waals surface area contributed by atoms with E-state index in [2.05, 4.69) is 10.1 Å². The summed E-state index contributed by atoms with van der Waals surface area (Å²) in [6, 6.07) is 9.65. The minimum atomic E-state index is -0.504. The van der Waals surface area contributed by atoms with Gasteiger partial charge in [0.05, 0.1) is 41.4 Å². The number of rotatable bonds is 3. The van der Waals surface area contributed by atoms with E-state index in [-0.39, 0.29) is 6.09 Å². The lowest BCUT2D eigenvalue weighted by Crippen LogP contribution is -2.39. The van der Waals surface area contributed by atoms with E-state index in [1.165, 1.54) is 0 Å². The van der Waals surface area contributed by atoms with Crippen LogP contribution in [-0.2, 0) is 4.74 Å². The van der Waals surface area contributed by atoms with Crippen LogP contribution >= 0.6 is 0 Å². The second-order valence-corrected chi connectivity index (χ2v) is 9.58. The summed E-state index contributed by atoms with van der Waals surface area (Å²) in [7, 11) is 1.61. The highest BCUT2D eigenvalue weighted by atomic mass is 16.6. The van der Waals surface area contributed by atoms with Gasteiger partial charge >= 0.3 is 6.09 Å². The van der Waals surface area contributed by atoms with E-state index in [1.54, 1.807) is 16.5 Å². The van der Waals surface area contributed by atoms with Crippen LogP contribution in [0.15, 0.2) is 42.6 Å². The smallest absolute Gasteiger partial charge is 0.410 e. The maximum atomic E-state index is 12.3. The van der Waals surface area contributed by atoms with E-state index in [0.717, 1.165) is 33.6 Å². The first-order valence-corrected chi connectivity index (χ1v) is 11.6. The number of fused-ring (bicyclic) bond motifs is 2. The molecule has 1 aliphatic rings. The molecule has 0 atom stereocenters. The van der Waals surface area contributed by atoms with Gasteiger partial charge < -0.3 is 14.4 Å². The van der Waals surface area contributed by atoms with E-state index in [0.29, 0.717) is 36.6 Å². The number of carbonyl (C=O) groups excluding carboxylic acids is 1. The van der Waals surface area contributed by atoms with Crippen LogP contribution in [0, 0.1) is 6.92 Å². The van der Waals surface area contributed by atoms with Crippen molar-refractivity contribution in [1.82, 2.24) is 29.5 Å². The second kappa shape index (κ2) is 8.65. The Balaban J connectivity index is 1.40. The van der Waals surface area contributed by atoms with Gasteiger partial charge in [-0.3, -0.25) is 0 Å². The number of imidazole rings is 1. The number of ether oxygens (including phenoxy) is 2. The predicted octanol–water partition coefficient (Wildman–Crippen LogP) is 4.68. The molecule has 0 saturated heterocycles. The Bertz CT molecular complexity index is 1470. The van der Waals surface area contributed by atoms with Crippen LogP contribution in [0.4, 0.5) is 4.79 Å². The molecule has 1 aliphatic heterocycles. The van der Waals surface area contributed by atoms with Crippen LogP contribution in [0.2, 0.25) is 0 Å². The molecule has 0 radical (unpaired) electrons. The topological polar surface area (TPSA) is 94.7 Å². The zero-order valence-electron chi connectivity index (χ0n) is 20.6. The highest BCUT2D eigenvalue weighted by Crippen LogP contribution is 2.29. The molecule has 5 rings (SSSR count). The first-order chi connectivity index (χ1) is 16.7. The van der Waals surface area contributed by atoms with Gasteiger partial charge in [-0.05, 0) is 64.0 Å². The molecule has 0 aromatic carbocycles. The summed E-state index contributed by atoms with van der Waals surface area (Å²) in [4.78, 5) is 28.1. The van der Waals surface area contributed by atoms with Gasteiger partial charge in [0.15, 0.2) is 17.1 Å². The summed E-state index contributed by atoms with van der Waals surface area (Å²) >= 11 is 0. The monoisotopic (exact) mass is 472 g/mol. The third-order valence-corrected chi connectivity index (χ3v) is 5.73. The highest BCUT2D eigenvalue weighted by molar-refractivity contribution is 5.81. The van der Waals surface area contributed by atoms with Crippen molar-refractivity contribution in [2.45, 2.75) is 39.7 Å². The standard InChI is InChI=1S/C26H28N6O3/c1-16-15-32-23(27-16)14-22(34-5)24(30-32)21-9-8-19-20(29-21)7-6-18(28-19)17-10-12-31(13-11-17)25(33)35-26(2,3)4/h6-10,14-15H,11-13H2,1-5H3. The number of hydrogen-bond acceptors (Lipinski definition) is 7. The molecule has 180 valence electrons. The molecule has 5 heterocycles. The average molecular weight is 473 g/mol. The molecule has 4 aromatic rings. The molecular formula is C26H28N6O3. The molecule has 0 saturated carbocycles. The normalized spacial score (nSPS) is 14.3. The summed E-state index contributed by atoms with van der Waals surface area (Å²) in [5.74, 6) is 0.612. The highest BCUT2D eigenvalue weighted by Gasteiger charge is 2.24. The Morgan fingerprint density at radius 1 is 1.03 bits per heavy atom. The van der Waals surface area contributed by atoms with Crippen molar-refractivity contribution >= 4 is 28.3 Å². The lowest BCUT2D eigenvalue weighted by atomic mass is 10.0. The van der Waals surface area contributed by atoms with E-state index < -0.39 is 5.60 Å². The van der Waals surface area contributed by atoms with Gasteiger partial charge in [0.2, 0.25) is 0 Å². The zero-order valence-corrected chi connectivity index (χ0v) is 20.6. The van der Waals surface area contributed by atoms with Crippen LogP contribution in [0.3, 0.4) is 0 Å². The van der Waals surface area contributed by atoms with Crippen molar-refractivity contribution in [2.24, 2.45) is 0 Å². The summed E-state index contributed by atoms with van der Waals surface area (Å²) in [5, 5.41) is 4.67. The molecule has 4 aromatic heterocycles. The molecular weight excluding hydrogens is 444 g/mol. The van der Waals surface area contributed by atoms with Gasteiger partial charge in [-0.1, -0.05) is 6.08 Å². The second-order valence-electron chi connectivity index (χ2n) is 9.58. The number of aromatic nitrogens is 5. The zero-order chi connectivity index (χ0) is 24.7. The van der Waals surface area contributed by atoms with E-state index in [4.69, 9.17) is 19.4 Å². The van der Waals surface area contributed by atoms with Crippen LogP contribution in [-0.4, -0.2) is 61.4 Å². The largest absolute Gasteiger partial charge is 0.494 e. The van der Waals surface area contributed by atoms with E-state index >= 15 is 0 Å². The fraction of sp³-hybridized carbons (Fsp3) is 0.346. The number of carbonyl (C=O) groups is 1. The van der Waals surface area contributed by atoms with Crippen LogP contribution in [0.1, 0.15) is 38.6 Å². The molecule has 9 nitrogen and oxygen atoms in total. The van der Waals surface area contributed by atoms with Gasteiger partial charge in [-0.25, -0.2) is 24.3 Å². The molecule has 35 heavy (non-hydrogen) atoms. The van der Waals surface area contributed by atoms with Gasteiger partial charge in [0, 0.05) is 19.2 Å². The molecule has 9 heteroatoms. The van der Waals surface area contributed by atoms with Crippen molar-refractivity contribution in [3.63, 3.8) is 0 Å². The average Bonchev–Trinajstić information content (AvgIpc) is 3.20. The fourth-order valence-electron chi connectivity index (χ4n) is 4.07. The summed E-state index contributed by atoms with van der Waals surface area (Å²) in [6.45, 7) is 8.64. The Morgan fingerprint density at radius 3 is 2.40 bits per heavy atom. The molecule has 0 spiro atoms. The summed E-state index contributed by atoms with van der Waals surface area (Å²) < 4.78 is 12.8. The van der Waals surface area contributed by atoms with E-state index in [9.17, 15) is 4.79 Å². The number of methoxy groups -OCH3 is 1. The maximum absolute atomic E-state index is 12.3. The number of nitrogens with zero attached hydrogens (tertiary/aromatic N) is 6. The molecule has 0 fully saturated rings. The molecule has 0 aliphatic carbocycles. The minimum Gasteiger partial charge on any atom is -0.494 e. The number of hydrogen-bond donors (Lipinski definition) is 0. The van der Waals surface area contributed by atoms with Crippen molar-refractivity contribution in [3.8, 4) is 17.1 Å². The third-order valence-electron chi connectivity index (χ3n) is 5.73. The Morgan fingerprint density at radius 2 is 1.74 bits per heavy atom. The van der Waals surface area contributed by atoms with Gasteiger partial charge in [-0.15, -0.1) is 0 Å². The number of amides is 1. The lowest BCUT2D eigenvalue weighted by Gasteiger charge is -2.29. The Labute approximate surface area is 203 Å². The van der Waals surface area contributed by atoms with Gasteiger partial charge in [-0.2, -0.15) is 5.10 Å². The van der Waals surface area contributed by atoms with E-state index in [1.807, 2.05) is 70.3 Å². The summed E-state index contributed by atoms with van der Waals surface area (Å²) in [5.41, 5.74) is 6.00. The quantitative estimate of drug-likeness (QED) is 0.427. The van der Waals surface area contributed by atoms with Crippen LogP contribution in [0.25, 0.3) is 33.6 Å². The van der Waals surface area contributed by atoms with Crippen molar-refractivity contribution < 1.29 is 14.3 Å². The lowest BCUT2D eigenvalue weighted by molar-refractivity contribution is 0.0270. The first kappa shape index (κ1) is 22.8. The van der Waals surface area contributed by atoms with Gasteiger partial charge in [0.25, 0.3) is 0 Å². The van der Waals surface area contributed by atoms with Crippen molar-refractivity contribution in [1.29, 1.82) is 0 Å². The molecule has 0 bridgehead atoms. The van der Waals surface area contributed by atoms with Crippen molar-refractivity contribution in [2.75, 3.05) is 20.2 Å². The SMILES string of the molecule is COc1cc2nc(C)cn2nc1-c1ccc2nc(C3=CCN(C(=O)OC(C)(C)C)CC3)ccc2n1. The van der Waals surface area contributed by atoms with Gasteiger partial charge in [0.1, 0.15) is 5.60 Å². The Hall–Kier alpha value is -4.01. The molecule has 0 N–H and O–H groups in total. The number of aryl methyl sites for hydroxylation is 1. The van der Waals surface area contributed by atoms with Crippen LogP contribution < -0.4 is 4.74 Å². The predicted molar refractivity (Wildman–Crippen MR) is 133 cm³/mol. The first-order valence-electron chi connectivity index (χ1n) is 11.6. The molecule has 0 unspecified atom stereocenters. The van der Waals surface area contributed by atoms with Crippen LogP contribution in [0.5, 0.6) is 5.75 Å². The summed E-state index contributed by atoms with van der Waals surface area (Å²) in [6.07, 6.45) is 4.34. The molecule has 1 amide bonds. The minimum absolute atomic E-state index is 0.288. The third kappa shape index (κ3) is 4.66. The maximum Gasteiger partial charge on any atom is 0.410 e.